The highest BCUT2D eigenvalue weighted by molar-refractivity contribution is 5.54. The summed E-state index contributed by atoms with van der Waals surface area (Å²) in [6, 6.07) is 5.82. The average molecular weight is 237 g/mol. The summed E-state index contributed by atoms with van der Waals surface area (Å²) in [6.45, 7) is 1.73. The monoisotopic (exact) mass is 237 g/mol. The molecule has 1 saturated heterocycles. The second kappa shape index (κ2) is 5.77. The van der Waals surface area contributed by atoms with Gasteiger partial charge in [0.25, 0.3) is 0 Å². The second-order valence-corrected chi connectivity index (χ2v) is 4.09. The molecule has 0 aromatic heterocycles. The highest BCUT2D eigenvalue weighted by atomic mass is 16.5. The van der Waals surface area contributed by atoms with Gasteiger partial charge in [-0.25, -0.2) is 0 Å². The van der Waals surface area contributed by atoms with E-state index in [9.17, 15) is 0 Å². The molecule has 1 aliphatic rings. The summed E-state index contributed by atoms with van der Waals surface area (Å²) < 4.78 is 16.0. The van der Waals surface area contributed by atoms with Crippen molar-refractivity contribution in [3.05, 3.63) is 18.2 Å². The van der Waals surface area contributed by atoms with Gasteiger partial charge in [0.2, 0.25) is 0 Å². The Morgan fingerprint density at radius 3 is 2.76 bits per heavy atom. The van der Waals surface area contributed by atoms with E-state index in [2.05, 4.69) is 5.32 Å². The predicted octanol–water partition coefficient (Wildman–Crippen LogP) is 2.29. The zero-order valence-corrected chi connectivity index (χ0v) is 10.4. The van der Waals surface area contributed by atoms with E-state index in [1.165, 1.54) is 0 Å². The average Bonchev–Trinajstić information content (AvgIpc) is 2.89. The third-order valence-corrected chi connectivity index (χ3v) is 2.94. The van der Waals surface area contributed by atoms with Gasteiger partial charge in [0.15, 0.2) is 11.5 Å². The Bertz CT molecular complexity index is 362. The van der Waals surface area contributed by atoms with E-state index in [-0.39, 0.29) is 0 Å². The molecule has 0 bridgehead atoms. The van der Waals surface area contributed by atoms with Crippen molar-refractivity contribution >= 4 is 5.69 Å². The lowest BCUT2D eigenvalue weighted by Crippen LogP contribution is -2.18. The molecule has 2 rings (SSSR count). The van der Waals surface area contributed by atoms with E-state index >= 15 is 0 Å². The fourth-order valence-electron chi connectivity index (χ4n) is 1.98. The molecule has 17 heavy (non-hydrogen) atoms. The van der Waals surface area contributed by atoms with E-state index in [0.717, 1.165) is 43.2 Å². The summed E-state index contributed by atoms with van der Waals surface area (Å²) >= 11 is 0. The Labute approximate surface area is 102 Å². The summed E-state index contributed by atoms with van der Waals surface area (Å²) in [5.74, 6) is 1.49. The maximum Gasteiger partial charge on any atom is 0.162 e. The minimum Gasteiger partial charge on any atom is -0.493 e. The van der Waals surface area contributed by atoms with E-state index in [4.69, 9.17) is 14.2 Å². The minimum atomic E-state index is 0.336. The smallest absolute Gasteiger partial charge is 0.162 e. The van der Waals surface area contributed by atoms with E-state index < -0.39 is 0 Å². The molecule has 1 N–H and O–H groups in total. The van der Waals surface area contributed by atoms with Crippen molar-refractivity contribution in [2.75, 3.05) is 32.7 Å². The van der Waals surface area contributed by atoms with Gasteiger partial charge < -0.3 is 19.5 Å². The number of ether oxygens (including phenoxy) is 3. The van der Waals surface area contributed by atoms with Gasteiger partial charge in [-0.05, 0) is 25.0 Å². The quantitative estimate of drug-likeness (QED) is 0.853. The van der Waals surface area contributed by atoms with Crippen LogP contribution >= 0.6 is 0 Å². The number of methoxy groups -OCH3 is 2. The molecule has 1 fully saturated rings. The van der Waals surface area contributed by atoms with Crippen LogP contribution in [0.2, 0.25) is 0 Å². The molecule has 0 saturated carbocycles. The largest absolute Gasteiger partial charge is 0.493 e. The molecule has 0 amide bonds. The number of anilines is 1. The van der Waals surface area contributed by atoms with Crippen molar-refractivity contribution in [3.63, 3.8) is 0 Å². The second-order valence-electron chi connectivity index (χ2n) is 4.09. The molecular weight excluding hydrogens is 218 g/mol. The van der Waals surface area contributed by atoms with Crippen LogP contribution in [0.3, 0.4) is 0 Å². The molecule has 0 spiro atoms. The van der Waals surface area contributed by atoms with Gasteiger partial charge in [0, 0.05) is 24.9 Å². The first-order valence-corrected chi connectivity index (χ1v) is 5.91. The molecule has 4 heteroatoms. The third-order valence-electron chi connectivity index (χ3n) is 2.94. The van der Waals surface area contributed by atoms with Crippen LogP contribution in [0.4, 0.5) is 5.69 Å². The van der Waals surface area contributed by atoms with Crippen molar-refractivity contribution in [3.8, 4) is 11.5 Å². The Kier molecular flexibility index (Phi) is 4.09. The lowest BCUT2D eigenvalue weighted by Gasteiger charge is -2.14. The normalized spacial score (nSPS) is 19.1. The van der Waals surface area contributed by atoms with Crippen LogP contribution in [0.15, 0.2) is 18.2 Å². The summed E-state index contributed by atoms with van der Waals surface area (Å²) in [5.41, 5.74) is 1.03. The molecule has 4 nitrogen and oxygen atoms in total. The summed E-state index contributed by atoms with van der Waals surface area (Å²) in [7, 11) is 3.28. The number of rotatable bonds is 5. The molecule has 0 aliphatic carbocycles. The molecule has 1 aromatic carbocycles. The lowest BCUT2D eigenvalue weighted by molar-refractivity contribution is 0.120. The summed E-state index contributed by atoms with van der Waals surface area (Å²) in [4.78, 5) is 0. The lowest BCUT2D eigenvalue weighted by atomic mass is 10.2. The van der Waals surface area contributed by atoms with Crippen LogP contribution in [0.25, 0.3) is 0 Å². The highest BCUT2D eigenvalue weighted by Gasteiger charge is 2.15. The maximum atomic E-state index is 5.56. The van der Waals surface area contributed by atoms with Crippen LogP contribution in [0.5, 0.6) is 11.5 Å². The molecule has 1 heterocycles. The van der Waals surface area contributed by atoms with Gasteiger partial charge in [0.05, 0.1) is 20.3 Å². The van der Waals surface area contributed by atoms with Gasteiger partial charge in [0.1, 0.15) is 0 Å². The number of hydrogen-bond donors (Lipinski definition) is 1. The van der Waals surface area contributed by atoms with Crippen LogP contribution in [-0.2, 0) is 4.74 Å². The topological polar surface area (TPSA) is 39.7 Å². The minimum absolute atomic E-state index is 0.336. The Hall–Kier alpha value is -1.42. The van der Waals surface area contributed by atoms with Crippen LogP contribution in [0, 0.1) is 0 Å². The maximum absolute atomic E-state index is 5.56. The van der Waals surface area contributed by atoms with E-state index in [1.807, 2.05) is 18.2 Å². The fourth-order valence-corrected chi connectivity index (χ4v) is 1.98. The highest BCUT2D eigenvalue weighted by Crippen LogP contribution is 2.29. The van der Waals surface area contributed by atoms with Gasteiger partial charge in [-0.3, -0.25) is 0 Å². The van der Waals surface area contributed by atoms with Gasteiger partial charge >= 0.3 is 0 Å². The molecule has 0 radical (unpaired) electrons. The van der Waals surface area contributed by atoms with Gasteiger partial charge in [-0.2, -0.15) is 0 Å². The Balaban J connectivity index is 1.95. The first-order valence-electron chi connectivity index (χ1n) is 5.91. The van der Waals surface area contributed by atoms with Crippen molar-refractivity contribution in [1.82, 2.24) is 0 Å². The van der Waals surface area contributed by atoms with Crippen molar-refractivity contribution in [2.24, 2.45) is 0 Å². The molecular formula is C13H19NO3. The summed E-state index contributed by atoms with van der Waals surface area (Å²) in [6.07, 6.45) is 2.64. The SMILES string of the molecule is COc1ccc(NCC2CCCO2)cc1OC. The number of hydrogen-bond acceptors (Lipinski definition) is 4. The zero-order chi connectivity index (χ0) is 12.1. The molecule has 1 atom stereocenters. The third kappa shape index (κ3) is 3.03. The van der Waals surface area contributed by atoms with Crippen LogP contribution < -0.4 is 14.8 Å². The standard InChI is InChI=1S/C13H19NO3/c1-15-12-6-5-10(8-13(12)16-2)14-9-11-4-3-7-17-11/h5-6,8,11,14H,3-4,7,9H2,1-2H3. The predicted molar refractivity (Wildman–Crippen MR) is 67.0 cm³/mol. The van der Waals surface area contributed by atoms with Crippen molar-refractivity contribution < 1.29 is 14.2 Å². The van der Waals surface area contributed by atoms with Gasteiger partial charge in [-0.15, -0.1) is 0 Å². The Morgan fingerprint density at radius 1 is 1.29 bits per heavy atom. The van der Waals surface area contributed by atoms with E-state index in [0.29, 0.717) is 6.10 Å². The molecule has 1 unspecified atom stereocenters. The number of nitrogens with one attached hydrogen (secondary N) is 1. The summed E-state index contributed by atoms with van der Waals surface area (Å²) in [5, 5.41) is 3.35. The fraction of sp³-hybridized carbons (Fsp3) is 0.538. The molecule has 94 valence electrons. The van der Waals surface area contributed by atoms with E-state index in [1.54, 1.807) is 14.2 Å². The molecule has 1 aromatic rings. The number of benzene rings is 1. The van der Waals surface area contributed by atoms with Crippen molar-refractivity contribution in [2.45, 2.75) is 18.9 Å². The Morgan fingerprint density at radius 2 is 2.12 bits per heavy atom. The first-order chi connectivity index (χ1) is 8.33. The molecule has 1 aliphatic heterocycles. The van der Waals surface area contributed by atoms with Crippen LogP contribution in [0.1, 0.15) is 12.8 Å². The van der Waals surface area contributed by atoms with Gasteiger partial charge in [-0.1, -0.05) is 0 Å². The zero-order valence-electron chi connectivity index (χ0n) is 10.4. The van der Waals surface area contributed by atoms with Crippen molar-refractivity contribution in [1.29, 1.82) is 0 Å². The van der Waals surface area contributed by atoms with Crippen LogP contribution in [-0.4, -0.2) is 33.5 Å². The first kappa shape index (κ1) is 12.0.